The second-order valence-electron chi connectivity index (χ2n) is 7.81. The normalized spacial score (nSPS) is 14.8. The molecule has 0 radical (unpaired) electrons. The minimum absolute atomic E-state index is 0.169. The predicted molar refractivity (Wildman–Crippen MR) is 119 cm³/mol. The van der Waals surface area contributed by atoms with Crippen LogP contribution in [0, 0.1) is 0 Å². The number of H-pyrrole nitrogens is 2. The molecule has 5 rings (SSSR count). The van der Waals surface area contributed by atoms with Crippen molar-refractivity contribution in [1.29, 1.82) is 0 Å². The largest absolute Gasteiger partial charge is 0.493 e. The maximum absolute atomic E-state index is 12.7. The number of aromatic amines is 2. The van der Waals surface area contributed by atoms with Gasteiger partial charge in [0.05, 0.1) is 35.2 Å². The quantitative estimate of drug-likeness (QED) is 0.332. The van der Waals surface area contributed by atoms with Gasteiger partial charge in [0.15, 0.2) is 0 Å². The number of nitrogens with zero attached hydrogens (tertiary/aromatic N) is 2. The molecule has 0 fully saturated rings. The van der Waals surface area contributed by atoms with Crippen molar-refractivity contribution in [3.05, 3.63) is 76.1 Å². The summed E-state index contributed by atoms with van der Waals surface area (Å²) in [5.41, 5.74) is 3.14. The van der Waals surface area contributed by atoms with E-state index in [1.165, 1.54) is 6.07 Å². The van der Waals surface area contributed by atoms with E-state index in [2.05, 4.69) is 20.2 Å². The molecule has 36 heavy (non-hydrogen) atoms. The number of carboxylic acids is 2. The molecule has 0 bridgehead atoms. The number of carboxylic acid groups (broad SMARTS) is 2. The molecule has 1 unspecified atom stereocenters. The predicted octanol–water partition coefficient (Wildman–Crippen LogP) is 3.36. The molecule has 0 aliphatic carbocycles. The summed E-state index contributed by atoms with van der Waals surface area (Å²) < 4.78 is 37.5. The average molecular weight is 502 g/mol. The highest BCUT2D eigenvalue weighted by Crippen LogP contribution is 2.32. The summed E-state index contributed by atoms with van der Waals surface area (Å²) in [6.07, 6.45) is -1.09. The Labute approximate surface area is 199 Å². The molecule has 3 heterocycles. The molecule has 13 heteroatoms. The third-order valence-corrected chi connectivity index (χ3v) is 5.40. The molecule has 0 amide bonds. The molecule has 2 aromatic heterocycles. The zero-order valence-corrected chi connectivity index (χ0v) is 18.2. The SMILES string of the molecule is O=C(O)C(F)(F)F.O=C(O)c1ccc2c(c1)CC(c1nc3ccc(-c4cn[nH]c4)cc3c(=O)[nH]1)CO2. The topological polar surface area (TPSA) is 158 Å². The Kier molecular flexibility index (Phi) is 6.47. The first-order valence-corrected chi connectivity index (χ1v) is 10.3. The van der Waals surface area contributed by atoms with Gasteiger partial charge in [-0.2, -0.15) is 18.3 Å². The van der Waals surface area contributed by atoms with E-state index in [0.29, 0.717) is 35.5 Å². The number of hydrogen-bond acceptors (Lipinski definition) is 6. The number of halogens is 3. The lowest BCUT2D eigenvalue weighted by atomic mass is 9.94. The van der Waals surface area contributed by atoms with Gasteiger partial charge < -0.3 is 19.9 Å². The van der Waals surface area contributed by atoms with Gasteiger partial charge in [-0.3, -0.25) is 9.89 Å². The fourth-order valence-corrected chi connectivity index (χ4v) is 3.64. The molecule has 10 nitrogen and oxygen atoms in total. The Hall–Kier alpha value is -4.68. The van der Waals surface area contributed by atoms with Crippen LogP contribution >= 0.6 is 0 Å². The van der Waals surface area contributed by atoms with E-state index in [9.17, 15) is 27.9 Å². The standard InChI is InChI=1S/C21H16N4O4.C2HF3O2/c26-20-16-7-11(15-8-22-23-9-15)1-3-17(16)24-19(25-20)14-6-13-5-12(21(27)28)2-4-18(13)29-10-14;3-2(4,5)1(6)7/h1-5,7-9,14H,6,10H2,(H,22,23)(H,27,28)(H,24,25,26);(H,6,7). The molecule has 1 aliphatic rings. The highest BCUT2D eigenvalue weighted by molar-refractivity contribution is 5.88. The number of rotatable bonds is 3. The summed E-state index contributed by atoms with van der Waals surface area (Å²) in [5.74, 6) is -2.71. The molecule has 1 aliphatic heterocycles. The van der Waals surface area contributed by atoms with Crippen LogP contribution in [-0.4, -0.2) is 55.1 Å². The molecule has 0 saturated heterocycles. The smallest absolute Gasteiger partial charge is 0.490 e. The molecule has 0 spiro atoms. The van der Waals surface area contributed by atoms with Crippen LogP contribution in [0.5, 0.6) is 5.75 Å². The van der Waals surface area contributed by atoms with Gasteiger partial charge in [0.1, 0.15) is 11.6 Å². The number of nitrogens with one attached hydrogen (secondary N) is 2. The third-order valence-electron chi connectivity index (χ3n) is 5.40. The highest BCUT2D eigenvalue weighted by atomic mass is 19.4. The van der Waals surface area contributed by atoms with Gasteiger partial charge in [-0.05, 0) is 47.9 Å². The van der Waals surface area contributed by atoms with Crippen LogP contribution in [0.25, 0.3) is 22.0 Å². The van der Waals surface area contributed by atoms with Gasteiger partial charge in [0.25, 0.3) is 5.56 Å². The molecule has 4 N–H and O–H groups in total. The number of carbonyl (C=O) groups is 2. The number of aromatic carboxylic acids is 1. The van der Waals surface area contributed by atoms with Crippen molar-refractivity contribution in [2.75, 3.05) is 6.61 Å². The van der Waals surface area contributed by atoms with Gasteiger partial charge in [0, 0.05) is 11.8 Å². The lowest BCUT2D eigenvalue weighted by Crippen LogP contribution is -2.24. The van der Waals surface area contributed by atoms with E-state index < -0.39 is 18.1 Å². The first kappa shape index (κ1) is 24.4. The summed E-state index contributed by atoms with van der Waals surface area (Å²) in [4.78, 5) is 40.4. The van der Waals surface area contributed by atoms with Crippen molar-refractivity contribution in [1.82, 2.24) is 20.2 Å². The molecule has 0 saturated carbocycles. The summed E-state index contributed by atoms with van der Waals surface area (Å²) in [6.45, 7) is 0.362. The molecule has 2 aromatic carbocycles. The second-order valence-corrected chi connectivity index (χ2v) is 7.81. The molecular formula is C23H17F3N4O6. The lowest BCUT2D eigenvalue weighted by molar-refractivity contribution is -0.192. The number of fused-ring (bicyclic) bond motifs is 2. The van der Waals surface area contributed by atoms with Crippen molar-refractivity contribution in [2.45, 2.75) is 18.5 Å². The maximum atomic E-state index is 12.7. The maximum Gasteiger partial charge on any atom is 0.490 e. The summed E-state index contributed by atoms with van der Waals surface area (Å²) in [7, 11) is 0. The van der Waals surface area contributed by atoms with Crippen molar-refractivity contribution >= 4 is 22.8 Å². The lowest BCUT2D eigenvalue weighted by Gasteiger charge is -2.25. The average Bonchev–Trinajstić information content (AvgIpc) is 3.38. The Morgan fingerprint density at radius 1 is 1.08 bits per heavy atom. The Balaban J connectivity index is 0.000000384. The van der Waals surface area contributed by atoms with Crippen LogP contribution < -0.4 is 10.3 Å². The van der Waals surface area contributed by atoms with Gasteiger partial charge in [-0.1, -0.05) is 6.07 Å². The fraction of sp³-hybridized carbons (Fsp3) is 0.174. The Bertz CT molecular complexity index is 1500. The number of ether oxygens (including phenoxy) is 1. The monoisotopic (exact) mass is 502 g/mol. The molecule has 1 atom stereocenters. The Morgan fingerprint density at radius 3 is 2.47 bits per heavy atom. The van der Waals surface area contributed by atoms with E-state index in [1.54, 1.807) is 30.6 Å². The van der Waals surface area contributed by atoms with E-state index in [-0.39, 0.29) is 17.0 Å². The minimum Gasteiger partial charge on any atom is -0.493 e. The second kappa shape index (κ2) is 9.52. The van der Waals surface area contributed by atoms with Crippen LogP contribution in [0.15, 0.2) is 53.6 Å². The fourth-order valence-electron chi connectivity index (χ4n) is 3.64. The van der Waals surface area contributed by atoms with Crippen LogP contribution in [0.2, 0.25) is 0 Å². The minimum atomic E-state index is -5.08. The van der Waals surface area contributed by atoms with Gasteiger partial charge >= 0.3 is 18.1 Å². The Morgan fingerprint density at radius 2 is 1.83 bits per heavy atom. The van der Waals surface area contributed by atoms with Gasteiger partial charge in [-0.15, -0.1) is 0 Å². The summed E-state index contributed by atoms with van der Waals surface area (Å²) in [5, 5.41) is 23.5. The van der Waals surface area contributed by atoms with Crippen molar-refractivity contribution in [3.63, 3.8) is 0 Å². The third kappa shape index (κ3) is 5.19. The van der Waals surface area contributed by atoms with Crippen molar-refractivity contribution in [3.8, 4) is 16.9 Å². The number of alkyl halides is 3. The summed E-state index contributed by atoms with van der Waals surface area (Å²) in [6, 6.07) is 10.3. The molecule has 4 aromatic rings. The zero-order chi connectivity index (χ0) is 26.0. The van der Waals surface area contributed by atoms with E-state index in [1.807, 2.05) is 12.1 Å². The van der Waals surface area contributed by atoms with Gasteiger partial charge in [-0.25, -0.2) is 14.6 Å². The van der Waals surface area contributed by atoms with Gasteiger partial charge in [0.2, 0.25) is 0 Å². The molecule has 186 valence electrons. The number of aromatic nitrogens is 4. The van der Waals surface area contributed by atoms with Crippen LogP contribution in [0.1, 0.15) is 27.7 Å². The van der Waals surface area contributed by atoms with E-state index in [4.69, 9.17) is 14.6 Å². The number of hydrogen-bond donors (Lipinski definition) is 4. The van der Waals surface area contributed by atoms with Crippen molar-refractivity contribution in [2.24, 2.45) is 0 Å². The van der Waals surface area contributed by atoms with Crippen LogP contribution in [0.4, 0.5) is 13.2 Å². The van der Waals surface area contributed by atoms with Crippen LogP contribution in [-0.2, 0) is 11.2 Å². The number of aliphatic carboxylic acids is 1. The number of benzene rings is 2. The highest BCUT2D eigenvalue weighted by Gasteiger charge is 2.38. The van der Waals surface area contributed by atoms with Crippen LogP contribution in [0.3, 0.4) is 0 Å². The summed E-state index contributed by atoms with van der Waals surface area (Å²) >= 11 is 0. The first-order chi connectivity index (χ1) is 17.0. The van der Waals surface area contributed by atoms with E-state index in [0.717, 1.165) is 16.7 Å². The first-order valence-electron chi connectivity index (χ1n) is 10.3. The van der Waals surface area contributed by atoms with Crippen molar-refractivity contribution < 1.29 is 37.7 Å². The zero-order valence-electron chi connectivity index (χ0n) is 18.2. The molecular weight excluding hydrogens is 485 g/mol. The van der Waals surface area contributed by atoms with E-state index >= 15 is 0 Å².